The van der Waals surface area contributed by atoms with E-state index in [0.717, 1.165) is 24.0 Å². The summed E-state index contributed by atoms with van der Waals surface area (Å²) in [4.78, 5) is 0. The van der Waals surface area contributed by atoms with Crippen LogP contribution in [0.3, 0.4) is 0 Å². The Bertz CT molecular complexity index is 253. The lowest BCUT2D eigenvalue weighted by Crippen LogP contribution is -2.30. The van der Waals surface area contributed by atoms with Gasteiger partial charge in [-0.25, -0.2) is 0 Å². The molecule has 0 aromatic heterocycles. The van der Waals surface area contributed by atoms with Crippen molar-refractivity contribution in [2.75, 3.05) is 0 Å². The summed E-state index contributed by atoms with van der Waals surface area (Å²) in [7, 11) is 0. The Morgan fingerprint density at radius 3 is 2.25 bits per heavy atom. The molecule has 0 aromatic rings. The molecule has 0 aromatic carbocycles. The van der Waals surface area contributed by atoms with Crippen LogP contribution in [0, 0.1) is 5.92 Å². The highest BCUT2D eigenvalue weighted by atomic mass is 16.3. The van der Waals surface area contributed by atoms with Gasteiger partial charge in [0, 0.05) is 5.92 Å². The van der Waals surface area contributed by atoms with E-state index >= 15 is 0 Å². The maximum atomic E-state index is 10.1. The zero-order valence-electron chi connectivity index (χ0n) is 11.2. The Labute approximate surface area is 99.7 Å². The zero-order valence-corrected chi connectivity index (χ0v) is 11.2. The lowest BCUT2D eigenvalue weighted by molar-refractivity contribution is 0.0345. The van der Waals surface area contributed by atoms with E-state index in [1.54, 1.807) is 0 Å². The molecule has 0 heterocycles. The van der Waals surface area contributed by atoms with Gasteiger partial charge in [-0.1, -0.05) is 38.0 Å². The van der Waals surface area contributed by atoms with Gasteiger partial charge in [0.25, 0.3) is 0 Å². The average molecular weight is 226 g/mol. The van der Waals surface area contributed by atoms with Crippen LogP contribution < -0.4 is 0 Å². The molecule has 0 aliphatic carbocycles. The van der Waals surface area contributed by atoms with Crippen molar-refractivity contribution < 1.29 is 10.2 Å². The van der Waals surface area contributed by atoms with E-state index in [9.17, 15) is 10.2 Å². The Morgan fingerprint density at radius 2 is 1.81 bits per heavy atom. The number of hydrogen-bond donors (Lipinski definition) is 2. The predicted molar refractivity (Wildman–Crippen MR) is 69.3 cm³/mol. The van der Waals surface area contributed by atoms with E-state index < -0.39 is 12.2 Å². The van der Waals surface area contributed by atoms with Crippen molar-refractivity contribution in [1.29, 1.82) is 0 Å². The maximum Gasteiger partial charge on any atom is 0.0800 e. The van der Waals surface area contributed by atoms with Crippen LogP contribution in [0.1, 0.15) is 47.5 Å². The van der Waals surface area contributed by atoms with Crippen LogP contribution in [0.5, 0.6) is 0 Å². The van der Waals surface area contributed by atoms with Crippen LogP contribution >= 0.6 is 0 Å². The Balaban J connectivity index is 4.54. The summed E-state index contributed by atoms with van der Waals surface area (Å²) in [6, 6.07) is 0. The minimum atomic E-state index is -0.559. The molecule has 2 heteroatoms. The lowest BCUT2D eigenvalue weighted by atomic mass is 9.90. The third-order valence-electron chi connectivity index (χ3n) is 3.07. The van der Waals surface area contributed by atoms with Crippen LogP contribution in [0.4, 0.5) is 0 Å². The normalized spacial score (nSPS) is 19.4. The molecule has 2 N–H and O–H groups in total. The van der Waals surface area contributed by atoms with Crippen LogP contribution in [0.2, 0.25) is 0 Å². The van der Waals surface area contributed by atoms with Crippen molar-refractivity contribution in [3.63, 3.8) is 0 Å². The Hall–Kier alpha value is -0.600. The summed E-state index contributed by atoms with van der Waals surface area (Å²) in [6.07, 6.45) is 4.68. The van der Waals surface area contributed by atoms with E-state index in [0.29, 0.717) is 0 Å². The third kappa shape index (κ3) is 4.95. The molecule has 2 nitrogen and oxygen atoms in total. The third-order valence-corrected chi connectivity index (χ3v) is 3.07. The van der Waals surface area contributed by atoms with Crippen LogP contribution in [0.15, 0.2) is 23.3 Å². The molecule has 0 unspecified atom stereocenters. The van der Waals surface area contributed by atoms with Gasteiger partial charge in [0.15, 0.2) is 0 Å². The van der Waals surface area contributed by atoms with Crippen molar-refractivity contribution in [2.24, 2.45) is 5.92 Å². The number of hydrogen-bond acceptors (Lipinski definition) is 2. The molecule has 0 amide bonds. The van der Waals surface area contributed by atoms with Crippen LogP contribution in [-0.2, 0) is 0 Å². The molecule has 0 radical (unpaired) electrons. The van der Waals surface area contributed by atoms with E-state index in [2.05, 4.69) is 0 Å². The average Bonchev–Trinajstić information content (AvgIpc) is 2.26. The molecule has 0 fully saturated rings. The smallest absolute Gasteiger partial charge is 0.0800 e. The second-order valence-corrected chi connectivity index (χ2v) is 4.58. The van der Waals surface area contributed by atoms with Gasteiger partial charge in [0.2, 0.25) is 0 Å². The predicted octanol–water partition coefficient (Wildman–Crippen LogP) is 3.06. The maximum absolute atomic E-state index is 10.1. The van der Waals surface area contributed by atoms with Crippen LogP contribution in [0.25, 0.3) is 0 Å². The van der Waals surface area contributed by atoms with Gasteiger partial charge < -0.3 is 10.2 Å². The van der Waals surface area contributed by atoms with Gasteiger partial charge in [0.05, 0.1) is 12.2 Å². The molecule has 0 bridgehead atoms. The number of aliphatic hydroxyl groups is 2. The first-order valence-electron chi connectivity index (χ1n) is 6.11. The summed E-state index contributed by atoms with van der Waals surface area (Å²) >= 11 is 0. The lowest BCUT2D eigenvalue weighted by Gasteiger charge is -2.24. The van der Waals surface area contributed by atoms with Gasteiger partial charge >= 0.3 is 0 Å². The molecule has 0 aliphatic heterocycles. The molecule has 0 saturated carbocycles. The van der Waals surface area contributed by atoms with Gasteiger partial charge in [0.1, 0.15) is 0 Å². The second-order valence-electron chi connectivity index (χ2n) is 4.58. The highest BCUT2D eigenvalue weighted by Crippen LogP contribution is 2.19. The highest BCUT2D eigenvalue weighted by Gasteiger charge is 2.22. The summed E-state index contributed by atoms with van der Waals surface area (Å²) in [6.45, 7) is 9.82. The Morgan fingerprint density at radius 1 is 1.25 bits per heavy atom. The first-order chi connectivity index (χ1) is 7.43. The fourth-order valence-electron chi connectivity index (χ4n) is 1.71. The van der Waals surface area contributed by atoms with E-state index in [4.69, 9.17) is 0 Å². The van der Waals surface area contributed by atoms with Crippen molar-refractivity contribution >= 4 is 0 Å². The van der Waals surface area contributed by atoms with Crippen molar-refractivity contribution in [2.45, 2.75) is 59.7 Å². The minimum Gasteiger partial charge on any atom is -0.393 e. The standard InChI is InChI=1S/C14H26O2/c1-6-8-13(15)12(5)14(16)11(4)9-10(3)7-2/h7,9,12-16H,6,8H2,1-5H3/b10-7+,11-9+/t12-,13+,14+/m0/s1. The van der Waals surface area contributed by atoms with Gasteiger partial charge in [-0.3, -0.25) is 0 Å². The summed E-state index contributed by atoms with van der Waals surface area (Å²) < 4.78 is 0. The molecule has 3 atom stereocenters. The fourth-order valence-corrected chi connectivity index (χ4v) is 1.71. The molecule has 0 rings (SSSR count). The largest absolute Gasteiger partial charge is 0.393 e. The molecule has 94 valence electrons. The SMILES string of the molecule is C/C=C(C)/C=C(\C)[C@@H](O)[C@@H](C)[C@H](O)CCC. The quantitative estimate of drug-likeness (QED) is 0.683. The highest BCUT2D eigenvalue weighted by molar-refractivity contribution is 5.22. The molecule has 0 aliphatic rings. The summed E-state index contributed by atoms with van der Waals surface area (Å²) in [5, 5.41) is 19.9. The van der Waals surface area contributed by atoms with Crippen molar-refractivity contribution in [3.05, 3.63) is 23.3 Å². The second kappa shape index (κ2) is 7.64. The molecular formula is C14H26O2. The van der Waals surface area contributed by atoms with Crippen molar-refractivity contribution in [3.8, 4) is 0 Å². The number of rotatable bonds is 6. The van der Waals surface area contributed by atoms with Crippen LogP contribution in [-0.4, -0.2) is 22.4 Å². The Kier molecular flexibility index (Phi) is 7.35. The van der Waals surface area contributed by atoms with Crippen molar-refractivity contribution in [1.82, 2.24) is 0 Å². The first-order valence-corrected chi connectivity index (χ1v) is 6.11. The van der Waals surface area contributed by atoms with Gasteiger partial charge in [-0.15, -0.1) is 0 Å². The van der Waals surface area contributed by atoms with E-state index in [1.807, 2.05) is 46.8 Å². The fraction of sp³-hybridized carbons (Fsp3) is 0.714. The number of allylic oxidation sites excluding steroid dienone is 3. The summed E-state index contributed by atoms with van der Waals surface area (Å²) in [5.41, 5.74) is 2.05. The van der Waals surface area contributed by atoms with Gasteiger partial charge in [-0.05, 0) is 32.8 Å². The van der Waals surface area contributed by atoms with E-state index in [1.165, 1.54) is 0 Å². The molecular weight excluding hydrogens is 200 g/mol. The first kappa shape index (κ1) is 15.4. The van der Waals surface area contributed by atoms with E-state index in [-0.39, 0.29) is 5.92 Å². The molecule has 0 spiro atoms. The monoisotopic (exact) mass is 226 g/mol. The number of aliphatic hydroxyl groups excluding tert-OH is 2. The molecule has 0 saturated heterocycles. The molecule has 16 heavy (non-hydrogen) atoms. The van der Waals surface area contributed by atoms with Gasteiger partial charge in [-0.2, -0.15) is 0 Å². The summed E-state index contributed by atoms with van der Waals surface area (Å²) in [5.74, 6) is -0.110. The minimum absolute atomic E-state index is 0.110. The zero-order chi connectivity index (χ0) is 12.7. The topological polar surface area (TPSA) is 40.5 Å².